The van der Waals surface area contributed by atoms with Crippen LogP contribution in [-0.4, -0.2) is 18.2 Å². The summed E-state index contributed by atoms with van der Waals surface area (Å²) in [4.78, 5) is -0.501. The maximum atomic E-state index is 13.1. The number of fused-ring (bicyclic) bond motifs is 1. The van der Waals surface area contributed by atoms with Crippen molar-refractivity contribution in [2.75, 3.05) is 4.72 Å². The largest absolute Gasteiger partial charge is 0.416 e. The predicted octanol–water partition coefficient (Wildman–Crippen LogP) is 4.98. The van der Waals surface area contributed by atoms with Crippen LogP contribution >= 0.6 is 0 Å². The lowest BCUT2D eigenvalue weighted by Crippen LogP contribution is -2.14. The summed E-state index contributed by atoms with van der Waals surface area (Å²) < 4.78 is 80.7. The summed E-state index contributed by atoms with van der Waals surface area (Å²) in [6.07, 6.45) is -3.15. The molecule has 30 heavy (non-hydrogen) atoms. The molecule has 3 aromatic carbocycles. The molecule has 0 radical (unpaired) electrons. The summed E-state index contributed by atoms with van der Waals surface area (Å²) in [5, 5.41) is 4.81. The van der Waals surface area contributed by atoms with Crippen LogP contribution in [0.5, 0.6) is 0 Å². The van der Waals surface area contributed by atoms with Gasteiger partial charge in [0.1, 0.15) is 5.82 Å². The second-order valence-electron chi connectivity index (χ2n) is 6.44. The first-order valence-corrected chi connectivity index (χ1v) is 10.1. The van der Waals surface area contributed by atoms with Crippen molar-refractivity contribution in [1.82, 2.24) is 9.78 Å². The van der Waals surface area contributed by atoms with Gasteiger partial charge in [0.2, 0.25) is 0 Å². The van der Waals surface area contributed by atoms with Crippen LogP contribution in [0.4, 0.5) is 23.2 Å². The zero-order valence-corrected chi connectivity index (χ0v) is 15.9. The van der Waals surface area contributed by atoms with E-state index in [2.05, 4.69) is 9.82 Å². The fraction of sp³-hybridized carbons (Fsp3) is 0.0500. The van der Waals surface area contributed by atoms with Crippen LogP contribution in [0.1, 0.15) is 5.56 Å². The van der Waals surface area contributed by atoms with Gasteiger partial charge in [-0.05, 0) is 60.7 Å². The van der Waals surface area contributed by atoms with E-state index in [-0.39, 0.29) is 11.5 Å². The topological polar surface area (TPSA) is 64.0 Å². The Bertz CT molecular complexity index is 1330. The van der Waals surface area contributed by atoms with E-state index in [1.165, 1.54) is 30.5 Å². The molecule has 0 fully saturated rings. The van der Waals surface area contributed by atoms with Crippen molar-refractivity contribution in [3.63, 3.8) is 0 Å². The third-order valence-electron chi connectivity index (χ3n) is 4.36. The molecule has 10 heteroatoms. The average molecular weight is 435 g/mol. The molecule has 4 rings (SSSR count). The Labute approximate surface area is 168 Å². The molecule has 1 heterocycles. The Balaban J connectivity index is 1.65. The van der Waals surface area contributed by atoms with Crippen molar-refractivity contribution >= 4 is 26.6 Å². The van der Waals surface area contributed by atoms with Gasteiger partial charge in [-0.25, -0.2) is 17.5 Å². The fourth-order valence-corrected chi connectivity index (χ4v) is 4.03. The number of hydrogen-bond acceptors (Lipinski definition) is 3. The van der Waals surface area contributed by atoms with Gasteiger partial charge in [-0.15, -0.1) is 0 Å². The van der Waals surface area contributed by atoms with Crippen molar-refractivity contribution in [2.45, 2.75) is 11.1 Å². The Morgan fingerprint density at radius 1 is 0.933 bits per heavy atom. The number of hydrogen-bond donors (Lipinski definition) is 1. The van der Waals surface area contributed by atoms with Gasteiger partial charge in [0.15, 0.2) is 0 Å². The van der Waals surface area contributed by atoms with Crippen molar-refractivity contribution < 1.29 is 26.0 Å². The van der Waals surface area contributed by atoms with Gasteiger partial charge in [-0.2, -0.15) is 18.3 Å². The first-order chi connectivity index (χ1) is 14.1. The molecule has 0 spiro atoms. The third kappa shape index (κ3) is 3.86. The number of alkyl halides is 3. The smallest absolute Gasteiger partial charge is 0.280 e. The quantitative estimate of drug-likeness (QED) is 0.460. The molecule has 154 valence electrons. The molecule has 0 aliphatic heterocycles. The third-order valence-corrected chi connectivity index (χ3v) is 5.74. The molecular formula is C20H13F4N3O2S. The molecule has 1 aromatic heterocycles. The maximum Gasteiger partial charge on any atom is 0.416 e. The molecule has 4 aromatic rings. The van der Waals surface area contributed by atoms with E-state index in [4.69, 9.17) is 0 Å². The van der Waals surface area contributed by atoms with Crippen LogP contribution in [0.25, 0.3) is 16.6 Å². The normalized spacial score (nSPS) is 12.3. The number of nitrogens with zero attached hydrogens (tertiary/aromatic N) is 2. The highest BCUT2D eigenvalue weighted by molar-refractivity contribution is 7.92. The summed E-state index contributed by atoms with van der Waals surface area (Å²) in [7, 11) is -4.23. The first-order valence-electron chi connectivity index (χ1n) is 8.57. The molecule has 0 aliphatic rings. The van der Waals surface area contributed by atoms with E-state index in [9.17, 15) is 26.0 Å². The van der Waals surface area contributed by atoms with Gasteiger partial charge in [-0.1, -0.05) is 6.07 Å². The van der Waals surface area contributed by atoms with E-state index in [0.717, 1.165) is 18.2 Å². The summed E-state index contributed by atoms with van der Waals surface area (Å²) in [6, 6.07) is 13.8. The van der Waals surface area contributed by atoms with E-state index < -0.39 is 26.7 Å². The van der Waals surface area contributed by atoms with E-state index in [1.807, 2.05) is 0 Å². The molecular weight excluding hydrogens is 422 g/mol. The monoisotopic (exact) mass is 435 g/mol. The van der Waals surface area contributed by atoms with Crippen LogP contribution < -0.4 is 4.72 Å². The van der Waals surface area contributed by atoms with Crippen molar-refractivity contribution in [3.05, 3.63) is 84.3 Å². The van der Waals surface area contributed by atoms with Crippen LogP contribution in [0.15, 0.2) is 77.8 Å². The Hall–Kier alpha value is -3.40. The number of anilines is 1. The lowest BCUT2D eigenvalue weighted by atomic mass is 10.2. The highest BCUT2D eigenvalue weighted by Crippen LogP contribution is 2.31. The van der Waals surface area contributed by atoms with E-state index >= 15 is 0 Å². The second kappa shape index (κ2) is 7.13. The Kier molecular flexibility index (Phi) is 4.73. The zero-order valence-electron chi connectivity index (χ0n) is 15.1. The number of halogens is 4. The van der Waals surface area contributed by atoms with Gasteiger partial charge in [0.25, 0.3) is 10.0 Å². The highest BCUT2D eigenvalue weighted by Gasteiger charge is 2.31. The molecule has 0 bridgehead atoms. The van der Waals surface area contributed by atoms with E-state index in [1.54, 1.807) is 22.9 Å². The van der Waals surface area contributed by atoms with Crippen molar-refractivity contribution in [2.24, 2.45) is 0 Å². The standard InChI is InChI=1S/C20H13F4N3O2S/c21-15-4-7-17(8-5-15)27-19-9-6-16(10-13(19)12-25-27)26-30(28,29)18-3-1-2-14(11-18)20(22,23)24/h1-12,26H. The lowest BCUT2D eigenvalue weighted by Gasteiger charge is -2.11. The SMILES string of the molecule is O=S(=O)(Nc1ccc2c(cnn2-c2ccc(F)cc2)c1)c1cccc(C(F)(F)F)c1. The van der Waals surface area contributed by atoms with Crippen LogP contribution in [0.3, 0.4) is 0 Å². The Morgan fingerprint density at radius 3 is 2.37 bits per heavy atom. The number of nitrogens with one attached hydrogen (secondary N) is 1. The summed E-state index contributed by atoms with van der Waals surface area (Å²) >= 11 is 0. The number of rotatable bonds is 4. The molecule has 1 N–H and O–H groups in total. The molecule has 0 saturated carbocycles. The van der Waals surface area contributed by atoms with Gasteiger partial charge < -0.3 is 0 Å². The maximum absolute atomic E-state index is 13.1. The molecule has 0 saturated heterocycles. The fourth-order valence-electron chi connectivity index (χ4n) is 2.94. The predicted molar refractivity (Wildman–Crippen MR) is 103 cm³/mol. The van der Waals surface area contributed by atoms with Crippen LogP contribution in [-0.2, 0) is 16.2 Å². The minimum Gasteiger partial charge on any atom is -0.280 e. The summed E-state index contributed by atoms with van der Waals surface area (Å²) in [6.45, 7) is 0. The zero-order chi connectivity index (χ0) is 21.5. The van der Waals surface area contributed by atoms with Gasteiger partial charge in [0.05, 0.1) is 27.9 Å². The first kappa shape index (κ1) is 19.9. The number of sulfonamides is 1. The van der Waals surface area contributed by atoms with Gasteiger partial charge in [-0.3, -0.25) is 4.72 Å². The molecule has 0 aliphatic carbocycles. The van der Waals surface area contributed by atoms with Crippen molar-refractivity contribution in [1.29, 1.82) is 0 Å². The summed E-state index contributed by atoms with van der Waals surface area (Å²) in [5.41, 5.74) is 0.368. The number of benzene rings is 3. The molecule has 0 unspecified atom stereocenters. The molecule has 0 atom stereocenters. The Morgan fingerprint density at radius 2 is 1.67 bits per heavy atom. The van der Waals surface area contributed by atoms with Gasteiger partial charge >= 0.3 is 6.18 Å². The lowest BCUT2D eigenvalue weighted by molar-refractivity contribution is -0.137. The van der Waals surface area contributed by atoms with Crippen LogP contribution in [0, 0.1) is 5.82 Å². The van der Waals surface area contributed by atoms with Crippen LogP contribution in [0.2, 0.25) is 0 Å². The summed E-state index contributed by atoms with van der Waals surface area (Å²) in [5.74, 6) is -0.388. The number of aromatic nitrogens is 2. The van der Waals surface area contributed by atoms with E-state index in [0.29, 0.717) is 22.7 Å². The minimum absolute atomic E-state index is 0.165. The van der Waals surface area contributed by atoms with Gasteiger partial charge in [0, 0.05) is 11.1 Å². The average Bonchev–Trinajstić information content (AvgIpc) is 3.11. The highest BCUT2D eigenvalue weighted by atomic mass is 32.2. The second-order valence-corrected chi connectivity index (χ2v) is 8.12. The molecule has 5 nitrogen and oxygen atoms in total. The molecule has 0 amide bonds. The minimum atomic E-state index is -4.65. The van der Waals surface area contributed by atoms with Crippen molar-refractivity contribution in [3.8, 4) is 5.69 Å².